The van der Waals surface area contributed by atoms with Crippen LogP contribution in [0.2, 0.25) is 0 Å². The molecule has 4 nitrogen and oxygen atoms in total. The summed E-state index contributed by atoms with van der Waals surface area (Å²) in [6.07, 6.45) is 18.0. The Labute approximate surface area is 226 Å². The van der Waals surface area contributed by atoms with Crippen molar-refractivity contribution in [3.63, 3.8) is 0 Å². The van der Waals surface area contributed by atoms with Gasteiger partial charge in [0.1, 0.15) is 6.10 Å². The van der Waals surface area contributed by atoms with Crippen molar-refractivity contribution in [1.29, 1.82) is 0 Å². The van der Waals surface area contributed by atoms with Gasteiger partial charge in [-0.25, -0.2) is 0 Å². The number of hydrogen-bond donors (Lipinski definition) is 0. The van der Waals surface area contributed by atoms with Crippen molar-refractivity contribution in [1.82, 2.24) is 0 Å². The van der Waals surface area contributed by atoms with Crippen LogP contribution in [0, 0.1) is 40.4 Å². The SMILES string of the molecule is CC(C)CCCCC1CCC2C3CC=C4CC(OC(=O)CCC(=O)OC(C)C)CCC4(C)C3CCC12C. The normalized spacial score (nSPS) is 37.0. The molecule has 3 saturated carbocycles. The van der Waals surface area contributed by atoms with E-state index in [0.717, 1.165) is 48.9 Å². The summed E-state index contributed by atoms with van der Waals surface area (Å²) in [5, 5.41) is 0. The highest BCUT2D eigenvalue weighted by molar-refractivity contribution is 5.77. The predicted molar refractivity (Wildman–Crippen MR) is 149 cm³/mol. The second kappa shape index (κ2) is 11.8. The zero-order valence-electron chi connectivity index (χ0n) is 24.7. The average molecular weight is 515 g/mol. The Kier molecular flexibility index (Phi) is 9.17. The average Bonchev–Trinajstić information content (AvgIpc) is 3.16. The lowest BCUT2D eigenvalue weighted by Gasteiger charge is -2.58. The lowest BCUT2D eigenvalue weighted by atomic mass is 9.47. The minimum atomic E-state index is -0.321. The Bertz CT molecular complexity index is 843. The first-order chi connectivity index (χ1) is 17.5. The van der Waals surface area contributed by atoms with Crippen LogP contribution < -0.4 is 0 Å². The number of allylic oxidation sites excluding steroid dienone is 1. The van der Waals surface area contributed by atoms with E-state index in [4.69, 9.17) is 9.47 Å². The summed E-state index contributed by atoms with van der Waals surface area (Å²) in [7, 11) is 0. The molecule has 4 heteroatoms. The predicted octanol–water partition coefficient (Wildman–Crippen LogP) is 8.43. The Morgan fingerprint density at radius 1 is 0.946 bits per heavy atom. The monoisotopic (exact) mass is 514 g/mol. The number of hydrogen-bond acceptors (Lipinski definition) is 4. The van der Waals surface area contributed by atoms with Gasteiger partial charge in [-0.2, -0.15) is 0 Å². The summed E-state index contributed by atoms with van der Waals surface area (Å²) >= 11 is 0. The molecule has 3 fully saturated rings. The van der Waals surface area contributed by atoms with Crippen molar-refractivity contribution < 1.29 is 19.1 Å². The van der Waals surface area contributed by atoms with Gasteiger partial charge in [0, 0.05) is 6.42 Å². The molecule has 0 spiro atoms. The number of rotatable bonds is 10. The van der Waals surface area contributed by atoms with E-state index in [2.05, 4.69) is 33.8 Å². The molecule has 37 heavy (non-hydrogen) atoms. The van der Waals surface area contributed by atoms with Crippen LogP contribution in [0.3, 0.4) is 0 Å². The van der Waals surface area contributed by atoms with E-state index in [1.165, 1.54) is 57.8 Å². The first-order valence-electron chi connectivity index (χ1n) is 15.6. The molecule has 0 heterocycles. The van der Waals surface area contributed by atoms with E-state index < -0.39 is 0 Å². The molecule has 0 aromatic heterocycles. The minimum Gasteiger partial charge on any atom is -0.463 e. The van der Waals surface area contributed by atoms with Crippen molar-refractivity contribution >= 4 is 11.9 Å². The fourth-order valence-electron chi connectivity index (χ4n) is 9.03. The maximum atomic E-state index is 12.4. The Morgan fingerprint density at radius 2 is 1.70 bits per heavy atom. The Morgan fingerprint density at radius 3 is 2.43 bits per heavy atom. The molecule has 0 aromatic rings. The molecule has 0 N–H and O–H groups in total. The van der Waals surface area contributed by atoms with E-state index in [-0.39, 0.29) is 42.4 Å². The molecule has 0 amide bonds. The van der Waals surface area contributed by atoms with Crippen molar-refractivity contribution in [2.45, 2.75) is 144 Å². The molecular weight excluding hydrogens is 460 g/mol. The van der Waals surface area contributed by atoms with Crippen LogP contribution >= 0.6 is 0 Å². The van der Waals surface area contributed by atoms with Crippen LogP contribution in [0.25, 0.3) is 0 Å². The summed E-state index contributed by atoms with van der Waals surface area (Å²) < 4.78 is 11.0. The van der Waals surface area contributed by atoms with Gasteiger partial charge in [-0.05, 0) is 106 Å². The molecule has 7 atom stereocenters. The number of fused-ring (bicyclic) bond motifs is 5. The highest BCUT2D eigenvalue weighted by Gasteiger charge is 2.58. The van der Waals surface area contributed by atoms with Gasteiger partial charge in [-0.15, -0.1) is 0 Å². The number of carbonyl (C=O) groups excluding carboxylic acids is 2. The molecule has 7 unspecified atom stereocenters. The third-order valence-corrected chi connectivity index (χ3v) is 11.0. The van der Waals surface area contributed by atoms with E-state index in [1.54, 1.807) is 5.57 Å². The van der Waals surface area contributed by atoms with Crippen LogP contribution in [0.15, 0.2) is 11.6 Å². The van der Waals surface area contributed by atoms with Crippen molar-refractivity contribution in [3.05, 3.63) is 11.6 Å². The number of unbranched alkanes of at least 4 members (excludes halogenated alkanes) is 1. The smallest absolute Gasteiger partial charge is 0.306 e. The number of carbonyl (C=O) groups is 2. The van der Waals surface area contributed by atoms with E-state index in [1.807, 2.05) is 13.8 Å². The molecule has 4 aliphatic rings. The van der Waals surface area contributed by atoms with Gasteiger partial charge in [0.15, 0.2) is 0 Å². The second-order valence-corrected chi connectivity index (χ2v) is 14.1. The zero-order valence-corrected chi connectivity index (χ0v) is 24.7. The number of esters is 2. The topological polar surface area (TPSA) is 52.6 Å². The van der Waals surface area contributed by atoms with Crippen LogP contribution in [-0.4, -0.2) is 24.1 Å². The Hall–Kier alpha value is -1.32. The number of ether oxygens (including phenoxy) is 2. The molecule has 0 saturated heterocycles. The standard InChI is InChI=1S/C33H54O4/c1-22(2)9-7-8-10-24-12-14-28-27-13-11-25-21-26(37-31(35)16-15-30(34)36-23(3)4)17-19-33(25,6)29(27)18-20-32(24,28)5/h11,22-24,26-29H,7-10,12-21H2,1-6H3. The first kappa shape index (κ1) is 28.7. The van der Waals surface area contributed by atoms with Crippen molar-refractivity contribution in [2.24, 2.45) is 40.4 Å². The molecule has 4 aliphatic carbocycles. The van der Waals surface area contributed by atoms with Crippen molar-refractivity contribution in [3.8, 4) is 0 Å². The van der Waals surface area contributed by atoms with Gasteiger partial charge in [-0.3, -0.25) is 9.59 Å². The minimum absolute atomic E-state index is 0.0416. The van der Waals surface area contributed by atoms with Gasteiger partial charge in [-0.1, -0.05) is 58.6 Å². The molecular formula is C33H54O4. The lowest BCUT2D eigenvalue weighted by molar-refractivity contribution is -0.156. The first-order valence-corrected chi connectivity index (χ1v) is 15.6. The van der Waals surface area contributed by atoms with Gasteiger partial charge in [0.05, 0.1) is 18.9 Å². The molecule has 210 valence electrons. The lowest BCUT2D eigenvalue weighted by Crippen LogP contribution is -2.50. The fourth-order valence-corrected chi connectivity index (χ4v) is 9.03. The third kappa shape index (κ3) is 6.30. The van der Waals surface area contributed by atoms with E-state index in [0.29, 0.717) is 5.41 Å². The van der Waals surface area contributed by atoms with Gasteiger partial charge in [0.2, 0.25) is 0 Å². The highest BCUT2D eigenvalue weighted by atomic mass is 16.5. The van der Waals surface area contributed by atoms with Crippen LogP contribution in [0.1, 0.15) is 131 Å². The quantitative estimate of drug-likeness (QED) is 0.167. The third-order valence-electron chi connectivity index (χ3n) is 11.0. The summed E-state index contributed by atoms with van der Waals surface area (Å²) in [5.74, 6) is 3.68. The molecule has 0 bridgehead atoms. The molecule has 0 aromatic carbocycles. The van der Waals surface area contributed by atoms with E-state index in [9.17, 15) is 9.59 Å². The van der Waals surface area contributed by atoms with Crippen LogP contribution in [0.5, 0.6) is 0 Å². The molecule has 0 radical (unpaired) electrons. The van der Waals surface area contributed by atoms with Crippen molar-refractivity contribution in [2.75, 3.05) is 0 Å². The molecule has 0 aliphatic heterocycles. The van der Waals surface area contributed by atoms with E-state index >= 15 is 0 Å². The summed E-state index contributed by atoms with van der Waals surface area (Å²) in [6, 6.07) is 0. The van der Waals surface area contributed by atoms with Gasteiger partial charge in [0.25, 0.3) is 0 Å². The Balaban J connectivity index is 1.33. The van der Waals surface area contributed by atoms with Crippen LogP contribution in [-0.2, 0) is 19.1 Å². The second-order valence-electron chi connectivity index (χ2n) is 14.1. The fraction of sp³-hybridized carbons (Fsp3) is 0.879. The summed E-state index contributed by atoms with van der Waals surface area (Å²) in [6.45, 7) is 13.5. The summed E-state index contributed by atoms with van der Waals surface area (Å²) in [4.78, 5) is 24.2. The van der Waals surface area contributed by atoms with Gasteiger partial charge < -0.3 is 9.47 Å². The summed E-state index contributed by atoms with van der Waals surface area (Å²) in [5.41, 5.74) is 2.36. The zero-order chi connectivity index (χ0) is 26.8. The van der Waals surface area contributed by atoms with Gasteiger partial charge >= 0.3 is 11.9 Å². The molecule has 4 rings (SSSR count). The maximum Gasteiger partial charge on any atom is 0.306 e. The largest absolute Gasteiger partial charge is 0.463 e. The maximum absolute atomic E-state index is 12.4. The highest BCUT2D eigenvalue weighted by Crippen LogP contribution is 2.66. The van der Waals surface area contributed by atoms with Crippen LogP contribution in [0.4, 0.5) is 0 Å².